The summed E-state index contributed by atoms with van der Waals surface area (Å²) in [6.45, 7) is 8.82. The molecule has 0 aliphatic carbocycles. The first-order valence-electron chi connectivity index (χ1n) is 4.10. The maximum absolute atomic E-state index is 5.19. The average Bonchev–Trinajstić information content (AvgIpc) is 2.29. The molecular formula is C10H16OS. The molecule has 0 aliphatic rings. The summed E-state index contributed by atoms with van der Waals surface area (Å²) in [6, 6.07) is 2.14. The van der Waals surface area contributed by atoms with Crippen molar-refractivity contribution >= 4 is 11.3 Å². The summed E-state index contributed by atoms with van der Waals surface area (Å²) in [7, 11) is 1.72. The average molecular weight is 184 g/mol. The zero-order chi connectivity index (χ0) is 9.35. The Labute approximate surface area is 78.4 Å². The van der Waals surface area contributed by atoms with Crippen molar-refractivity contribution in [1.82, 2.24) is 0 Å². The first kappa shape index (κ1) is 9.59. The molecule has 0 saturated carbocycles. The Hall–Kier alpha value is -0.500. The minimum Gasteiger partial charge on any atom is -0.487 e. The van der Waals surface area contributed by atoms with Gasteiger partial charge in [-0.15, -0.1) is 11.3 Å². The maximum atomic E-state index is 5.19. The lowest BCUT2D eigenvalue weighted by atomic mass is 9.88. The molecule has 1 heterocycles. The molecule has 0 atom stereocenters. The highest BCUT2D eigenvalue weighted by molar-refractivity contribution is 7.13. The van der Waals surface area contributed by atoms with Crippen LogP contribution >= 0.6 is 11.3 Å². The normalized spacial score (nSPS) is 11.8. The van der Waals surface area contributed by atoms with Gasteiger partial charge in [-0.05, 0) is 24.0 Å². The van der Waals surface area contributed by atoms with Crippen LogP contribution in [0.2, 0.25) is 0 Å². The van der Waals surface area contributed by atoms with Crippen LogP contribution in [0, 0.1) is 6.92 Å². The number of aryl methyl sites for hydroxylation is 1. The fourth-order valence-electron chi connectivity index (χ4n) is 1.30. The van der Waals surface area contributed by atoms with Gasteiger partial charge < -0.3 is 4.74 Å². The third kappa shape index (κ3) is 1.81. The first-order valence-corrected chi connectivity index (χ1v) is 4.91. The van der Waals surface area contributed by atoms with Crippen LogP contribution in [0.4, 0.5) is 0 Å². The van der Waals surface area contributed by atoms with Crippen LogP contribution in [0.25, 0.3) is 0 Å². The Morgan fingerprint density at radius 2 is 1.92 bits per heavy atom. The van der Waals surface area contributed by atoms with Gasteiger partial charge in [0.05, 0.1) is 7.11 Å². The zero-order valence-corrected chi connectivity index (χ0v) is 9.21. The molecule has 0 fully saturated rings. The number of rotatable bonds is 1. The van der Waals surface area contributed by atoms with Gasteiger partial charge in [-0.1, -0.05) is 20.8 Å². The summed E-state index contributed by atoms with van der Waals surface area (Å²) in [5, 5.41) is 1.01. The number of methoxy groups -OCH3 is 1. The standard InChI is InChI=1S/C10H16OS/c1-7-8(10(2,3)4)6-9(11-5)12-7/h6H,1-5H3. The quantitative estimate of drug-likeness (QED) is 0.650. The van der Waals surface area contributed by atoms with Crippen molar-refractivity contribution in [2.45, 2.75) is 33.1 Å². The number of hydrogen-bond donors (Lipinski definition) is 0. The van der Waals surface area contributed by atoms with Gasteiger partial charge in [0.1, 0.15) is 0 Å². The van der Waals surface area contributed by atoms with Crippen molar-refractivity contribution in [3.63, 3.8) is 0 Å². The molecule has 0 aliphatic heterocycles. The molecular weight excluding hydrogens is 168 g/mol. The van der Waals surface area contributed by atoms with Gasteiger partial charge in [-0.2, -0.15) is 0 Å². The van der Waals surface area contributed by atoms with Crippen LogP contribution in [0.15, 0.2) is 6.07 Å². The number of thiophene rings is 1. The van der Waals surface area contributed by atoms with Crippen LogP contribution in [0.5, 0.6) is 5.06 Å². The van der Waals surface area contributed by atoms with Gasteiger partial charge in [0.25, 0.3) is 0 Å². The molecule has 0 N–H and O–H groups in total. The van der Waals surface area contributed by atoms with E-state index < -0.39 is 0 Å². The third-order valence-electron chi connectivity index (χ3n) is 1.90. The Morgan fingerprint density at radius 1 is 1.33 bits per heavy atom. The summed E-state index contributed by atoms with van der Waals surface area (Å²) in [5.74, 6) is 0. The van der Waals surface area contributed by atoms with Crippen LogP contribution in [-0.2, 0) is 5.41 Å². The zero-order valence-electron chi connectivity index (χ0n) is 8.39. The van der Waals surface area contributed by atoms with E-state index in [0.717, 1.165) is 5.06 Å². The smallest absolute Gasteiger partial charge is 0.173 e. The lowest BCUT2D eigenvalue weighted by Gasteiger charge is -2.17. The van der Waals surface area contributed by atoms with Crippen molar-refractivity contribution in [2.75, 3.05) is 7.11 Å². The largest absolute Gasteiger partial charge is 0.487 e. The minimum atomic E-state index is 0.233. The van der Waals surface area contributed by atoms with E-state index in [1.54, 1.807) is 18.4 Å². The van der Waals surface area contributed by atoms with E-state index in [1.165, 1.54) is 10.4 Å². The van der Waals surface area contributed by atoms with Gasteiger partial charge in [-0.3, -0.25) is 0 Å². The second-order valence-electron chi connectivity index (χ2n) is 3.99. The van der Waals surface area contributed by atoms with E-state index >= 15 is 0 Å². The van der Waals surface area contributed by atoms with Crippen LogP contribution in [0.1, 0.15) is 31.2 Å². The van der Waals surface area contributed by atoms with Crippen molar-refractivity contribution in [3.8, 4) is 5.06 Å². The van der Waals surface area contributed by atoms with Crippen molar-refractivity contribution in [3.05, 3.63) is 16.5 Å². The topological polar surface area (TPSA) is 9.23 Å². The summed E-state index contributed by atoms with van der Waals surface area (Å²) in [6.07, 6.45) is 0. The van der Waals surface area contributed by atoms with Crippen molar-refractivity contribution in [1.29, 1.82) is 0 Å². The third-order valence-corrected chi connectivity index (χ3v) is 2.92. The SMILES string of the molecule is COc1cc(C(C)(C)C)c(C)s1. The number of ether oxygens (including phenoxy) is 1. The second-order valence-corrected chi connectivity index (χ2v) is 5.21. The van der Waals surface area contributed by atoms with E-state index in [-0.39, 0.29) is 5.41 Å². The summed E-state index contributed by atoms with van der Waals surface area (Å²) < 4.78 is 5.19. The van der Waals surface area contributed by atoms with E-state index in [4.69, 9.17) is 4.74 Å². The fraction of sp³-hybridized carbons (Fsp3) is 0.600. The van der Waals surface area contributed by atoms with Gasteiger partial charge in [0.15, 0.2) is 5.06 Å². The lowest BCUT2D eigenvalue weighted by molar-refractivity contribution is 0.426. The highest BCUT2D eigenvalue weighted by atomic mass is 32.1. The summed E-state index contributed by atoms with van der Waals surface area (Å²) in [4.78, 5) is 1.36. The Morgan fingerprint density at radius 3 is 2.17 bits per heavy atom. The molecule has 1 nitrogen and oxygen atoms in total. The predicted octanol–water partition coefficient (Wildman–Crippen LogP) is 3.36. The van der Waals surface area contributed by atoms with Gasteiger partial charge in [0.2, 0.25) is 0 Å². The first-order chi connectivity index (χ1) is 5.45. The van der Waals surface area contributed by atoms with Crippen LogP contribution in [-0.4, -0.2) is 7.11 Å². The number of hydrogen-bond acceptors (Lipinski definition) is 2. The van der Waals surface area contributed by atoms with E-state index in [9.17, 15) is 0 Å². The molecule has 0 spiro atoms. The summed E-state index contributed by atoms with van der Waals surface area (Å²) >= 11 is 1.72. The molecule has 1 aromatic rings. The Balaban J connectivity index is 3.08. The van der Waals surface area contributed by atoms with E-state index in [0.29, 0.717) is 0 Å². The van der Waals surface area contributed by atoms with Crippen molar-refractivity contribution in [2.24, 2.45) is 0 Å². The monoisotopic (exact) mass is 184 g/mol. The van der Waals surface area contributed by atoms with E-state index in [1.807, 2.05) is 0 Å². The van der Waals surface area contributed by atoms with Crippen LogP contribution in [0.3, 0.4) is 0 Å². The van der Waals surface area contributed by atoms with E-state index in [2.05, 4.69) is 33.8 Å². The fourth-order valence-corrected chi connectivity index (χ4v) is 2.34. The molecule has 0 saturated heterocycles. The molecule has 0 amide bonds. The molecule has 1 aromatic heterocycles. The molecule has 68 valence electrons. The predicted molar refractivity (Wildman–Crippen MR) is 54.3 cm³/mol. The van der Waals surface area contributed by atoms with Gasteiger partial charge >= 0.3 is 0 Å². The van der Waals surface area contributed by atoms with Gasteiger partial charge in [-0.25, -0.2) is 0 Å². The minimum absolute atomic E-state index is 0.233. The highest BCUT2D eigenvalue weighted by Gasteiger charge is 2.18. The molecule has 0 bridgehead atoms. The lowest BCUT2D eigenvalue weighted by Crippen LogP contribution is -2.10. The molecule has 2 heteroatoms. The Kier molecular flexibility index (Phi) is 2.47. The second kappa shape index (κ2) is 3.09. The van der Waals surface area contributed by atoms with Gasteiger partial charge in [0, 0.05) is 4.88 Å². The molecule has 12 heavy (non-hydrogen) atoms. The highest BCUT2D eigenvalue weighted by Crippen LogP contribution is 2.35. The van der Waals surface area contributed by atoms with Crippen molar-refractivity contribution < 1.29 is 4.74 Å². The maximum Gasteiger partial charge on any atom is 0.173 e. The Bertz CT molecular complexity index is 268. The summed E-state index contributed by atoms with van der Waals surface area (Å²) in [5.41, 5.74) is 1.63. The molecule has 0 radical (unpaired) electrons. The van der Waals surface area contributed by atoms with Crippen LogP contribution < -0.4 is 4.74 Å². The molecule has 1 rings (SSSR count). The molecule has 0 unspecified atom stereocenters. The molecule has 0 aromatic carbocycles.